The molecule has 2 atom stereocenters. The topological polar surface area (TPSA) is 78.4 Å². The molecule has 1 N–H and O–H groups in total. The maximum absolute atomic E-state index is 12.9. The van der Waals surface area contributed by atoms with Gasteiger partial charge in [-0.05, 0) is 36.7 Å². The molecule has 37 heavy (non-hydrogen) atoms. The van der Waals surface area contributed by atoms with E-state index < -0.39 is 10.8 Å². The van der Waals surface area contributed by atoms with Crippen molar-refractivity contribution in [3.63, 3.8) is 0 Å². The highest BCUT2D eigenvalue weighted by molar-refractivity contribution is 7.85. The molecule has 1 amide bonds. The summed E-state index contributed by atoms with van der Waals surface area (Å²) in [4.78, 5) is 26.8. The Morgan fingerprint density at radius 3 is 2.54 bits per heavy atom. The van der Waals surface area contributed by atoms with Gasteiger partial charge in [0.15, 0.2) is 0 Å². The summed E-state index contributed by atoms with van der Waals surface area (Å²) in [5.74, 6) is 2.23. The Balaban J connectivity index is 1.41. The second-order valence-corrected chi connectivity index (χ2v) is 13.2. The number of likely N-dealkylation sites (N-methyl/N-ethyl adjacent to an activating group) is 1. The van der Waals surface area contributed by atoms with Crippen LogP contribution in [0.15, 0.2) is 35.2 Å². The number of carbonyl (C=O) groups excluding carboxylic acids is 1. The van der Waals surface area contributed by atoms with Crippen LogP contribution in [-0.2, 0) is 27.4 Å². The number of nitrogens with one attached hydrogen (secondary N) is 1. The molecule has 1 aromatic heterocycles. The molecule has 0 spiro atoms. The number of benzene rings is 1. The average Bonchev–Trinajstić information content (AvgIpc) is 3.27. The number of carbonyl (C=O) groups is 1. The second-order valence-electron chi connectivity index (χ2n) is 11.7. The smallest absolute Gasteiger partial charge is 0.227 e. The van der Waals surface area contributed by atoms with Crippen molar-refractivity contribution in [3.05, 3.63) is 41.6 Å². The SMILES string of the molecule is CCCC(C)(C)C1(c2ccccc2)CCN(c2nc3c(c(NC4CCC(=O)N(C)C4)n2)S(=O)CC3)CC1. The Labute approximate surface area is 223 Å². The zero-order valence-corrected chi connectivity index (χ0v) is 23.6. The van der Waals surface area contributed by atoms with Crippen LogP contribution in [0.5, 0.6) is 0 Å². The quantitative estimate of drug-likeness (QED) is 0.574. The predicted molar refractivity (Wildman–Crippen MR) is 150 cm³/mol. The first-order valence-corrected chi connectivity index (χ1v) is 15.2. The molecule has 0 saturated carbocycles. The molecule has 3 aliphatic heterocycles. The Kier molecular flexibility index (Phi) is 7.31. The van der Waals surface area contributed by atoms with Crippen molar-refractivity contribution in [1.29, 1.82) is 0 Å². The van der Waals surface area contributed by atoms with Gasteiger partial charge in [-0.15, -0.1) is 0 Å². The summed E-state index contributed by atoms with van der Waals surface area (Å²) in [6.45, 7) is 9.58. The van der Waals surface area contributed by atoms with Crippen LogP contribution in [0.25, 0.3) is 0 Å². The van der Waals surface area contributed by atoms with Gasteiger partial charge in [0.2, 0.25) is 11.9 Å². The zero-order valence-electron chi connectivity index (χ0n) is 22.8. The normalized spacial score (nSPS) is 23.7. The number of rotatable bonds is 7. The molecule has 200 valence electrons. The Morgan fingerprint density at radius 1 is 1.14 bits per heavy atom. The van der Waals surface area contributed by atoms with Crippen molar-refractivity contribution in [1.82, 2.24) is 14.9 Å². The van der Waals surface area contributed by atoms with E-state index in [4.69, 9.17) is 9.97 Å². The third-order valence-corrected chi connectivity index (χ3v) is 10.5. The molecule has 3 aliphatic rings. The van der Waals surface area contributed by atoms with E-state index in [1.165, 1.54) is 18.4 Å². The van der Waals surface area contributed by atoms with E-state index in [-0.39, 0.29) is 22.8 Å². The van der Waals surface area contributed by atoms with Crippen LogP contribution < -0.4 is 10.2 Å². The fourth-order valence-corrected chi connectivity index (χ4v) is 8.13. The number of amides is 1. The highest BCUT2D eigenvalue weighted by Crippen LogP contribution is 2.51. The number of piperidine rings is 2. The van der Waals surface area contributed by atoms with E-state index in [0.29, 0.717) is 24.5 Å². The largest absolute Gasteiger partial charge is 0.364 e. The van der Waals surface area contributed by atoms with Gasteiger partial charge in [0.25, 0.3) is 0 Å². The Bertz CT molecular complexity index is 1160. The summed E-state index contributed by atoms with van der Waals surface area (Å²) in [5.41, 5.74) is 2.65. The van der Waals surface area contributed by atoms with Gasteiger partial charge in [-0.3, -0.25) is 9.00 Å². The van der Waals surface area contributed by atoms with E-state index in [1.54, 1.807) is 4.90 Å². The van der Waals surface area contributed by atoms with Gasteiger partial charge in [0.1, 0.15) is 10.7 Å². The number of fused-ring (bicyclic) bond motifs is 1. The first-order chi connectivity index (χ1) is 17.7. The monoisotopic (exact) mass is 523 g/mol. The van der Waals surface area contributed by atoms with Crippen molar-refractivity contribution in [2.75, 3.05) is 42.7 Å². The summed E-state index contributed by atoms with van der Waals surface area (Å²) in [5, 5.41) is 3.56. The highest BCUT2D eigenvalue weighted by Gasteiger charge is 2.47. The molecule has 2 saturated heterocycles. The fourth-order valence-electron chi connectivity index (χ4n) is 6.81. The lowest BCUT2D eigenvalue weighted by Crippen LogP contribution is -2.51. The molecule has 2 aromatic rings. The first kappa shape index (κ1) is 26.1. The van der Waals surface area contributed by atoms with E-state index in [1.807, 2.05) is 7.05 Å². The number of nitrogens with zero attached hydrogens (tertiary/aromatic N) is 4. The maximum Gasteiger partial charge on any atom is 0.227 e. The number of hydrogen-bond acceptors (Lipinski definition) is 6. The third-order valence-electron chi connectivity index (χ3n) is 9.04. The summed E-state index contributed by atoms with van der Waals surface area (Å²) >= 11 is 0. The van der Waals surface area contributed by atoms with Crippen molar-refractivity contribution < 1.29 is 9.00 Å². The summed E-state index contributed by atoms with van der Waals surface area (Å²) < 4.78 is 12.9. The van der Waals surface area contributed by atoms with Crippen molar-refractivity contribution in [2.45, 2.75) is 82.1 Å². The Hall–Kier alpha value is -2.48. The molecule has 0 aliphatic carbocycles. The molecule has 4 heterocycles. The van der Waals surface area contributed by atoms with E-state index >= 15 is 0 Å². The van der Waals surface area contributed by atoms with Crippen LogP contribution in [-0.4, -0.2) is 63.5 Å². The number of aromatic nitrogens is 2. The fraction of sp³-hybridized carbons (Fsp3) is 0.621. The molecule has 1 aromatic carbocycles. The van der Waals surface area contributed by atoms with Crippen molar-refractivity contribution in [3.8, 4) is 0 Å². The molecular formula is C29H41N5O2S. The van der Waals surface area contributed by atoms with Gasteiger partial charge in [0, 0.05) is 56.7 Å². The van der Waals surface area contributed by atoms with Gasteiger partial charge in [-0.1, -0.05) is 57.5 Å². The van der Waals surface area contributed by atoms with Crippen LogP contribution in [0.3, 0.4) is 0 Å². The first-order valence-electron chi connectivity index (χ1n) is 13.8. The van der Waals surface area contributed by atoms with Gasteiger partial charge in [-0.2, -0.15) is 4.98 Å². The van der Waals surface area contributed by atoms with Crippen molar-refractivity contribution in [2.24, 2.45) is 5.41 Å². The van der Waals surface area contributed by atoms with Crippen LogP contribution >= 0.6 is 0 Å². The lowest BCUT2D eigenvalue weighted by atomic mass is 9.56. The number of aryl methyl sites for hydroxylation is 1. The molecular weight excluding hydrogens is 482 g/mol. The minimum absolute atomic E-state index is 0.106. The minimum atomic E-state index is -1.08. The van der Waals surface area contributed by atoms with Gasteiger partial charge in [-0.25, -0.2) is 4.98 Å². The number of hydrogen-bond donors (Lipinski definition) is 1. The third kappa shape index (κ3) is 4.89. The minimum Gasteiger partial charge on any atom is -0.364 e. The van der Waals surface area contributed by atoms with Crippen LogP contribution in [0, 0.1) is 5.41 Å². The molecule has 8 heteroatoms. The van der Waals surface area contributed by atoms with E-state index in [2.05, 4.69) is 61.3 Å². The standard InChI is InChI=1S/C29H41N5O2S/c1-5-14-28(2,3)29(21-9-7-6-8-10-21)15-17-34(18-16-29)27-31-23-13-19-37(36)25(23)26(32-27)30-22-11-12-24(35)33(4)20-22/h6-10,22H,5,11-20H2,1-4H3,(H,30,31,32). The number of anilines is 2. The van der Waals surface area contributed by atoms with Gasteiger partial charge >= 0.3 is 0 Å². The molecule has 5 rings (SSSR count). The van der Waals surface area contributed by atoms with Crippen LogP contribution in [0.1, 0.15) is 70.6 Å². The van der Waals surface area contributed by atoms with Gasteiger partial charge < -0.3 is 15.1 Å². The van der Waals surface area contributed by atoms with E-state index in [9.17, 15) is 9.00 Å². The lowest BCUT2D eigenvalue weighted by molar-refractivity contribution is -0.132. The molecule has 2 unspecified atom stereocenters. The Morgan fingerprint density at radius 2 is 1.86 bits per heavy atom. The molecule has 7 nitrogen and oxygen atoms in total. The second kappa shape index (κ2) is 10.4. The summed E-state index contributed by atoms with van der Waals surface area (Å²) in [6.07, 6.45) is 6.48. The maximum atomic E-state index is 12.9. The highest BCUT2D eigenvalue weighted by atomic mass is 32.2. The predicted octanol–water partition coefficient (Wildman–Crippen LogP) is 4.54. The molecule has 0 radical (unpaired) electrons. The zero-order chi connectivity index (χ0) is 26.2. The van der Waals surface area contributed by atoms with Crippen LogP contribution in [0.2, 0.25) is 0 Å². The summed E-state index contributed by atoms with van der Waals surface area (Å²) in [6, 6.07) is 11.2. The van der Waals surface area contributed by atoms with Crippen molar-refractivity contribution >= 4 is 28.5 Å². The van der Waals surface area contributed by atoms with Crippen LogP contribution in [0.4, 0.5) is 11.8 Å². The van der Waals surface area contributed by atoms with Gasteiger partial charge in [0.05, 0.1) is 16.5 Å². The molecule has 0 bridgehead atoms. The average molecular weight is 524 g/mol. The lowest BCUT2D eigenvalue weighted by Gasteiger charge is -2.52. The number of likely N-dealkylation sites (tertiary alicyclic amines) is 1. The summed E-state index contributed by atoms with van der Waals surface area (Å²) in [7, 11) is 0.763. The van der Waals surface area contributed by atoms with E-state index in [0.717, 1.165) is 55.3 Å². The molecule has 2 fully saturated rings.